The summed E-state index contributed by atoms with van der Waals surface area (Å²) < 4.78 is 1.71. The lowest BCUT2D eigenvalue weighted by Crippen LogP contribution is -2.66. The summed E-state index contributed by atoms with van der Waals surface area (Å²) in [7, 11) is 1.84. The average Bonchev–Trinajstić information content (AvgIpc) is 3.56. The molecule has 3 heterocycles. The highest BCUT2D eigenvalue weighted by molar-refractivity contribution is 5.92. The summed E-state index contributed by atoms with van der Waals surface area (Å²) in [4.78, 5) is 44.6. The third-order valence-electron chi connectivity index (χ3n) is 8.02. The van der Waals surface area contributed by atoms with Crippen molar-refractivity contribution in [2.75, 3.05) is 19.6 Å². The smallest absolute Gasteiger partial charge is 0.332 e. The monoisotopic (exact) mass is 578 g/mol. The normalized spacial score (nSPS) is 18.6. The standard InChI is InChI=1S/C32H34N8O3/c1-3-16-38(32(43)33-19-24-12-8-5-9-13-24)39-22-30(41)40-28(18-23-10-6-4-7-11-23)31(42)37(21-29(39)40)20-25-14-15-27-26(17-25)34-35-36(27)2/h3-15,17,28-29H,1,16,18-22H2,2H3,(H,33,43)/t28-,29+/m0/s1. The highest BCUT2D eigenvalue weighted by atomic mass is 16.2. The first-order chi connectivity index (χ1) is 20.9. The maximum absolute atomic E-state index is 14.1. The molecule has 2 saturated heterocycles. The molecule has 0 radical (unpaired) electrons. The maximum Gasteiger partial charge on any atom is 0.332 e. The van der Waals surface area contributed by atoms with E-state index in [9.17, 15) is 14.4 Å². The lowest BCUT2D eigenvalue weighted by molar-refractivity contribution is -0.157. The molecule has 11 nitrogen and oxygen atoms in total. The van der Waals surface area contributed by atoms with Crippen LogP contribution in [-0.4, -0.2) is 84.5 Å². The van der Waals surface area contributed by atoms with Crippen molar-refractivity contribution in [3.63, 3.8) is 0 Å². The van der Waals surface area contributed by atoms with Crippen molar-refractivity contribution in [3.05, 3.63) is 108 Å². The second-order valence-corrected chi connectivity index (χ2v) is 10.9. The molecule has 0 bridgehead atoms. The largest absolute Gasteiger partial charge is 0.333 e. The summed E-state index contributed by atoms with van der Waals surface area (Å²) in [5.41, 5.74) is 4.48. The molecule has 11 heteroatoms. The van der Waals surface area contributed by atoms with E-state index in [1.54, 1.807) is 25.6 Å². The maximum atomic E-state index is 14.1. The molecule has 0 unspecified atom stereocenters. The van der Waals surface area contributed by atoms with Crippen LogP contribution in [0.15, 0.2) is 91.5 Å². The van der Waals surface area contributed by atoms with E-state index < -0.39 is 12.2 Å². The molecule has 2 fully saturated rings. The molecule has 0 saturated carbocycles. The number of amides is 4. The summed E-state index contributed by atoms with van der Waals surface area (Å²) in [6.07, 6.45) is 1.48. The zero-order valence-electron chi connectivity index (χ0n) is 24.0. The van der Waals surface area contributed by atoms with Crippen LogP contribution < -0.4 is 5.32 Å². The van der Waals surface area contributed by atoms with Crippen molar-refractivity contribution in [2.45, 2.75) is 31.7 Å². The molecule has 4 aromatic rings. The fourth-order valence-electron chi connectivity index (χ4n) is 5.92. The number of piperazine rings is 1. The third kappa shape index (κ3) is 5.71. The Morgan fingerprint density at radius 1 is 1.02 bits per heavy atom. The van der Waals surface area contributed by atoms with Gasteiger partial charge in [0.1, 0.15) is 17.7 Å². The number of urea groups is 1. The summed E-state index contributed by atoms with van der Waals surface area (Å²) >= 11 is 0. The number of carbonyl (C=O) groups excluding carboxylic acids is 3. The quantitative estimate of drug-likeness (QED) is 0.306. The van der Waals surface area contributed by atoms with Gasteiger partial charge in [0.2, 0.25) is 11.8 Å². The molecule has 2 aliphatic rings. The van der Waals surface area contributed by atoms with Crippen LogP contribution in [0.3, 0.4) is 0 Å². The summed E-state index contributed by atoms with van der Waals surface area (Å²) in [6, 6.07) is 24.1. The molecule has 6 rings (SSSR count). The Hall–Kier alpha value is -5.03. The van der Waals surface area contributed by atoms with Crippen LogP contribution in [0.1, 0.15) is 16.7 Å². The van der Waals surface area contributed by atoms with Crippen LogP contribution in [0.25, 0.3) is 11.0 Å². The Bertz CT molecular complexity index is 1640. The molecular formula is C32H34N8O3. The predicted octanol–water partition coefficient (Wildman–Crippen LogP) is 2.70. The van der Waals surface area contributed by atoms with Crippen molar-refractivity contribution in [1.82, 2.24) is 40.1 Å². The summed E-state index contributed by atoms with van der Waals surface area (Å²) in [5, 5.41) is 14.6. The minimum atomic E-state index is -0.711. The second kappa shape index (κ2) is 12.1. The summed E-state index contributed by atoms with van der Waals surface area (Å²) in [6.45, 7) is 4.97. The molecular weight excluding hydrogens is 544 g/mol. The van der Waals surface area contributed by atoms with E-state index in [-0.39, 0.29) is 37.5 Å². The fraction of sp³-hybridized carbons (Fsp3) is 0.281. The van der Waals surface area contributed by atoms with E-state index in [4.69, 9.17) is 0 Å². The predicted molar refractivity (Wildman–Crippen MR) is 161 cm³/mol. The van der Waals surface area contributed by atoms with E-state index >= 15 is 0 Å². The van der Waals surface area contributed by atoms with E-state index in [0.717, 1.165) is 27.7 Å². The number of aryl methyl sites for hydroxylation is 1. The van der Waals surface area contributed by atoms with Crippen LogP contribution in [0, 0.1) is 0 Å². The zero-order valence-corrected chi connectivity index (χ0v) is 24.0. The van der Waals surface area contributed by atoms with Crippen LogP contribution in [0.4, 0.5) is 4.79 Å². The minimum absolute atomic E-state index is 0.0186. The van der Waals surface area contributed by atoms with Gasteiger partial charge in [0.15, 0.2) is 0 Å². The summed E-state index contributed by atoms with van der Waals surface area (Å²) in [5.74, 6) is -0.317. The van der Waals surface area contributed by atoms with Crippen LogP contribution >= 0.6 is 0 Å². The molecule has 0 aliphatic carbocycles. The number of benzene rings is 3. The minimum Gasteiger partial charge on any atom is -0.333 e. The average molecular weight is 579 g/mol. The molecule has 1 aromatic heterocycles. The number of nitrogens with zero attached hydrogens (tertiary/aromatic N) is 7. The van der Waals surface area contributed by atoms with Crippen LogP contribution in [-0.2, 0) is 36.1 Å². The lowest BCUT2D eigenvalue weighted by atomic mass is 10.00. The van der Waals surface area contributed by atoms with Gasteiger partial charge in [-0.25, -0.2) is 9.48 Å². The molecule has 220 valence electrons. The number of rotatable bonds is 9. The number of hydrazine groups is 1. The SMILES string of the molecule is C=CCN(C(=O)NCc1ccccc1)N1CC(=O)N2[C@@H](Cc3ccccc3)C(=O)N(Cc3ccc4c(c3)nnn4C)C[C@@H]21. The van der Waals surface area contributed by atoms with Gasteiger partial charge in [0.05, 0.1) is 25.2 Å². The molecule has 2 atom stereocenters. The third-order valence-corrected chi connectivity index (χ3v) is 8.02. The van der Waals surface area contributed by atoms with Crippen molar-refractivity contribution in [3.8, 4) is 0 Å². The van der Waals surface area contributed by atoms with Crippen LogP contribution in [0.2, 0.25) is 0 Å². The van der Waals surface area contributed by atoms with Crippen molar-refractivity contribution in [2.24, 2.45) is 7.05 Å². The first kappa shape index (κ1) is 28.1. The Labute approximate surface area is 249 Å². The number of hydrogen-bond donors (Lipinski definition) is 1. The van der Waals surface area contributed by atoms with E-state index in [1.165, 1.54) is 5.01 Å². The van der Waals surface area contributed by atoms with E-state index in [2.05, 4.69) is 22.2 Å². The highest BCUT2D eigenvalue weighted by Crippen LogP contribution is 2.30. The Morgan fingerprint density at radius 3 is 2.47 bits per heavy atom. The Kier molecular flexibility index (Phi) is 7.89. The van der Waals surface area contributed by atoms with Gasteiger partial charge < -0.3 is 15.1 Å². The first-order valence-corrected chi connectivity index (χ1v) is 14.3. The molecule has 3 aromatic carbocycles. The van der Waals surface area contributed by atoms with Gasteiger partial charge in [-0.1, -0.05) is 78.0 Å². The van der Waals surface area contributed by atoms with Crippen molar-refractivity contribution >= 4 is 28.9 Å². The van der Waals surface area contributed by atoms with Gasteiger partial charge in [0, 0.05) is 26.6 Å². The number of hydrogen-bond acceptors (Lipinski definition) is 6. The lowest BCUT2D eigenvalue weighted by Gasteiger charge is -2.46. The van der Waals surface area contributed by atoms with Crippen molar-refractivity contribution < 1.29 is 14.4 Å². The van der Waals surface area contributed by atoms with Crippen molar-refractivity contribution in [1.29, 1.82) is 0 Å². The highest BCUT2D eigenvalue weighted by Gasteiger charge is 2.52. The van der Waals surface area contributed by atoms with Gasteiger partial charge in [-0.15, -0.1) is 11.7 Å². The second-order valence-electron chi connectivity index (χ2n) is 10.9. The van der Waals surface area contributed by atoms with E-state index in [1.807, 2.05) is 85.9 Å². The Balaban J connectivity index is 1.29. The van der Waals surface area contributed by atoms with Gasteiger partial charge in [-0.2, -0.15) is 5.01 Å². The van der Waals surface area contributed by atoms with Crippen LogP contribution in [0.5, 0.6) is 0 Å². The molecule has 43 heavy (non-hydrogen) atoms. The molecule has 4 amide bonds. The molecule has 1 N–H and O–H groups in total. The van der Waals surface area contributed by atoms with Gasteiger partial charge in [-0.3, -0.25) is 14.6 Å². The fourth-order valence-corrected chi connectivity index (χ4v) is 5.92. The number of nitrogens with one attached hydrogen (secondary N) is 1. The zero-order chi connectivity index (χ0) is 29.9. The number of fused-ring (bicyclic) bond motifs is 2. The first-order valence-electron chi connectivity index (χ1n) is 14.3. The number of aromatic nitrogens is 3. The van der Waals surface area contributed by atoms with Gasteiger partial charge in [0.25, 0.3) is 0 Å². The molecule has 2 aliphatic heterocycles. The van der Waals surface area contributed by atoms with Gasteiger partial charge in [-0.05, 0) is 28.8 Å². The topological polar surface area (TPSA) is 107 Å². The Morgan fingerprint density at radius 2 is 1.74 bits per heavy atom. The van der Waals surface area contributed by atoms with Gasteiger partial charge >= 0.3 is 6.03 Å². The number of carbonyl (C=O) groups is 3. The molecule has 0 spiro atoms. The van der Waals surface area contributed by atoms with E-state index in [0.29, 0.717) is 19.5 Å².